The van der Waals surface area contributed by atoms with E-state index in [-0.39, 0.29) is 12.5 Å². The molecular formula is C11H14O3. The first-order valence-electron chi connectivity index (χ1n) is 4.45. The highest BCUT2D eigenvalue weighted by atomic mass is 16.5. The first-order chi connectivity index (χ1) is 6.71. The number of ether oxygens (including phenoxy) is 1. The van der Waals surface area contributed by atoms with Crippen molar-refractivity contribution in [3.05, 3.63) is 29.3 Å². The summed E-state index contributed by atoms with van der Waals surface area (Å²) in [5, 5.41) is 8.99. The van der Waals surface area contributed by atoms with Gasteiger partial charge in [-0.3, -0.25) is 0 Å². The molecular weight excluding hydrogens is 180 g/mol. The van der Waals surface area contributed by atoms with Crippen LogP contribution in [0.3, 0.4) is 0 Å². The smallest absolute Gasteiger partial charge is 0.127 e. The first kappa shape index (κ1) is 10.7. The molecule has 0 saturated heterocycles. The van der Waals surface area contributed by atoms with Crippen molar-refractivity contribution in [2.75, 3.05) is 7.11 Å². The molecule has 0 spiro atoms. The third-order valence-electron chi connectivity index (χ3n) is 2.14. The summed E-state index contributed by atoms with van der Waals surface area (Å²) in [6, 6.07) is 5.36. The largest absolute Gasteiger partial charge is 0.497 e. The molecule has 3 heteroatoms. The van der Waals surface area contributed by atoms with Gasteiger partial charge >= 0.3 is 0 Å². The summed E-state index contributed by atoms with van der Waals surface area (Å²) in [6.07, 6.45) is 0.871. The second kappa shape index (κ2) is 4.77. The van der Waals surface area contributed by atoms with Crippen molar-refractivity contribution >= 4 is 6.29 Å². The molecule has 1 N–H and O–H groups in total. The summed E-state index contributed by atoms with van der Waals surface area (Å²) in [5.74, 6) is 0.496. The molecule has 0 heterocycles. The second-order valence-corrected chi connectivity index (χ2v) is 3.20. The predicted octanol–water partition coefficient (Wildman–Crippen LogP) is 1.49. The number of aliphatic hydroxyl groups excluding tert-OH is 1. The van der Waals surface area contributed by atoms with Gasteiger partial charge in [0.15, 0.2) is 0 Å². The maximum Gasteiger partial charge on any atom is 0.127 e. The van der Waals surface area contributed by atoms with E-state index in [4.69, 9.17) is 9.84 Å². The zero-order valence-electron chi connectivity index (χ0n) is 8.36. The van der Waals surface area contributed by atoms with Crippen molar-refractivity contribution in [3.63, 3.8) is 0 Å². The topological polar surface area (TPSA) is 46.5 Å². The van der Waals surface area contributed by atoms with E-state index in [2.05, 4.69) is 0 Å². The summed E-state index contributed by atoms with van der Waals surface area (Å²) in [6.45, 7) is 1.76. The Hall–Kier alpha value is -1.35. The van der Waals surface area contributed by atoms with Crippen LogP contribution in [0.2, 0.25) is 0 Å². The zero-order chi connectivity index (χ0) is 10.6. The van der Waals surface area contributed by atoms with Crippen LogP contribution < -0.4 is 4.74 Å². The third-order valence-corrected chi connectivity index (χ3v) is 2.14. The minimum atomic E-state index is -0.171. The minimum Gasteiger partial charge on any atom is -0.497 e. The fourth-order valence-corrected chi connectivity index (χ4v) is 1.24. The van der Waals surface area contributed by atoms with E-state index >= 15 is 0 Å². The zero-order valence-corrected chi connectivity index (χ0v) is 8.36. The molecule has 0 aromatic heterocycles. The Bertz CT molecular complexity index is 298. The van der Waals surface area contributed by atoms with Crippen molar-refractivity contribution in [2.24, 2.45) is 0 Å². The van der Waals surface area contributed by atoms with Gasteiger partial charge in [0.2, 0.25) is 0 Å². The summed E-state index contributed by atoms with van der Waals surface area (Å²) < 4.78 is 5.06. The summed E-state index contributed by atoms with van der Waals surface area (Å²) in [7, 11) is 1.56. The van der Waals surface area contributed by atoms with Crippen LogP contribution >= 0.6 is 0 Å². The third kappa shape index (κ3) is 2.33. The lowest BCUT2D eigenvalue weighted by atomic mass is 10.00. The van der Waals surface area contributed by atoms with Crippen molar-refractivity contribution in [2.45, 2.75) is 19.4 Å². The Kier molecular flexibility index (Phi) is 3.65. The molecule has 1 atom stereocenters. The maximum atomic E-state index is 10.6. The van der Waals surface area contributed by atoms with Gasteiger partial charge in [0, 0.05) is 5.92 Å². The molecule has 1 aromatic rings. The molecule has 0 bridgehead atoms. The number of hydrogen-bond donors (Lipinski definition) is 1. The van der Waals surface area contributed by atoms with Gasteiger partial charge in [-0.1, -0.05) is 13.0 Å². The van der Waals surface area contributed by atoms with Gasteiger partial charge in [0.1, 0.15) is 12.0 Å². The Morgan fingerprint density at radius 3 is 2.71 bits per heavy atom. The highest BCUT2D eigenvalue weighted by molar-refractivity contribution is 5.62. The molecule has 1 unspecified atom stereocenters. The lowest BCUT2D eigenvalue weighted by molar-refractivity contribution is -0.108. The molecule has 0 amide bonds. The molecule has 76 valence electrons. The minimum absolute atomic E-state index is 0.0459. The van der Waals surface area contributed by atoms with Crippen LogP contribution in [-0.2, 0) is 11.4 Å². The molecule has 0 aliphatic rings. The number of carbonyl (C=O) groups is 1. The number of aldehydes is 1. The molecule has 3 nitrogen and oxygen atoms in total. The fraction of sp³-hybridized carbons (Fsp3) is 0.364. The van der Waals surface area contributed by atoms with Gasteiger partial charge in [-0.15, -0.1) is 0 Å². The lowest BCUT2D eigenvalue weighted by Crippen LogP contribution is -1.97. The van der Waals surface area contributed by atoms with Crippen LogP contribution in [0.1, 0.15) is 24.0 Å². The molecule has 1 aromatic carbocycles. The average molecular weight is 194 g/mol. The summed E-state index contributed by atoms with van der Waals surface area (Å²) in [5.41, 5.74) is 1.62. The van der Waals surface area contributed by atoms with Crippen LogP contribution in [0, 0.1) is 0 Å². The van der Waals surface area contributed by atoms with Gasteiger partial charge in [0.05, 0.1) is 13.7 Å². The average Bonchev–Trinajstić information content (AvgIpc) is 2.27. The first-order valence-corrected chi connectivity index (χ1v) is 4.45. The highest BCUT2D eigenvalue weighted by Gasteiger charge is 2.07. The molecule has 0 aliphatic carbocycles. The molecule has 0 aliphatic heterocycles. The van der Waals surface area contributed by atoms with Crippen LogP contribution in [0.4, 0.5) is 0 Å². The van der Waals surface area contributed by atoms with Gasteiger partial charge in [0.25, 0.3) is 0 Å². The van der Waals surface area contributed by atoms with E-state index in [9.17, 15) is 4.79 Å². The van der Waals surface area contributed by atoms with E-state index in [1.807, 2.05) is 13.0 Å². The summed E-state index contributed by atoms with van der Waals surface area (Å²) in [4.78, 5) is 10.6. The molecule has 1 rings (SSSR count). The van der Waals surface area contributed by atoms with E-state index in [1.165, 1.54) is 0 Å². The SMILES string of the molecule is COc1cc(CO)cc(C(C)C=O)c1. The predicted molar refractivity (Wildman–Crippen MR) is 53.4 cm³/mol. The monoisotopic (exact) mass is 194 g/mol. The van der Waals surface area contributed by atoms with Gasteiger partial charge in [-0.05, 0) is 23.3 Å². The van der Waals surface area contributed by atoms with Crippen LogP contribution in [0.15, 0.2) is 18.2 Å². The van der Waals surface area contributed by atoms with E-state index in [1.54, 1.807) is 19.2 Å². The number of rotatable bonds is 4. The highest BCUT2D eigenvalue weighted by Crippen LogP contribution is 2.22. The van der Waals surface area contributed by atoms with Crippen LogP contribution in [-0.4, -0.2) is 18.5 Å². The molecule has 0 saturated carbocycles. The maximum absolute atomic E-state index is 10.6. The number of hydrogen-bond acceptors (Lipinski definition) is 3. The van der Waals surface area contributed by atoms with Crippen molar-refractivity contribution in [3.8, 4) is 5.75 Å². The number of methoxy groups -OCH3 is 1. The second-order valence-electron chi connectivity index (χ2n) is 3.20. The fourth-order valence-electron chi connectivity index (χ4n) is 1.24. The van der Waals surface area contributed by atoms with Crippen molar-refractivity contribution < 1.29 is 14.6 Å². The van der Waals surface area contributed by atoms with Crippen LogP contribution in [0.25, 0.3) is 0 Å². The molecule has 14 heavy (non-hydrogen) atoms. The van der Waals surface area contributed by atoms with Crippen molar-refractivity contribution in [1.29, 1.82) is 0 Å². The van der Waals surface area contributed by atoms with Crippen molar-refractivity contribution in [1.82, 2.24) is 0 Å². The Labute approximate surface area is 83.3 Å². The molecule has 0 fully saturated rings. The van der Waals surface area contributed by atoms with Gasteiger partial charge < -0.3 is 14.6 Å². The standard InChI is InChI=1S/C11H14O3/c1-8(6-12)10-3-9(7-13)4-11(5-10)14-2/h3-6,8,13H,7H2,1-2H3. The molecule has 0 radical (unpaired) electrons. The Morgan fingerprint density at radius 2 is 2.21 bits per heavy atom. The number of benzene rings is 1. The quantitative estimate of drug-likeness (QED) is 0.739. The van der Waals surface area contributed by atoms with E-state index < -0.39 is 0 Å². The van der Waals surface area contributed by atoms with Crippen LogP contribution in [0.5, 0.6) is 5.75 Å². The summed E-state index contributed by atoms with van der Waals surface area (Å²) >= 11 is 0. The van der Waals surface area contributed by atoms with E-state index in [0.717, 1.165) is 17.4 Å². The number of carbonyl (C=O) groups excluding carboxylic acids is 1. The van der Waals surface area contributed by atoms with Gasteiger partial charge in [-0.2, -0.15) is 0 Å². The van der Waals surface area contributed by atoms with Gasteiger partial charge in [-0.25, -0.2) is 0 Å². The number of aliphatic hydroxyl groups is 1. The van der Waals surface area contributed by atoms with E-state index in [0.29, 0.717) is 5.75 Å². The Balaban J connectivity index is 3.09. The Morgan fingerprint density at radius 1 is 1.50 bits per heavy atom. The lowest BCUT2D eigenvalue weighted by Gasteiger charge is -2.09. The normalized spacial score (nSPS) is 12.2.